The predicted octanol–water partition coefficient (Wildman–Crippen LogP) is 2.72. The topological polar surface area (TPSA) is 101 Å². The van der Waals surface area contributed by atoms with Crippen LogP contribution in [0.3, 0.4) is 0 Å². The Kier molecular flexibility index (Phi) is 5.60. The van der Waals surface area contributed by atoms with E-state index in [0.717, 1.165) is 23.4 Å². The van der Waals surface area contributed by atoms with Crippen LogP contribution in [0.2, 0.25) is 0 Å². The van der Waals surface area contributed by atoms with Gasteiger partial charge in [0.25, 0.3) is 0 Å². The highest BCUT2D eigenvalue weighted by Gasteiger charge is 2.24. The largest absolute Gasteiger partial charge is 0.494 e. The first-order valence-corrected chi connectivity index (χ1v) is 9.61. The van der Waals surface area contributed by atoms with Gasteiger partial charge in [0.15, 0.2) is 0 Å². The highest BCUT2D eigenvalue weighted by Crippen LogP contribution is 2.33. The number of urea groups is 1. The third kappa shape index (κ3) is 4.24. The van der Waals surface area contributed by atoms with Crippen molar-refractivity contribution >= 4 is 23.3 Å². The second-order valence-electron chi connectivity index (χ2n) is 6.85. The summed E-state index contributed by atoms with van der Waals surface area (Å²) >= 11 is 0. The lowest BCUT2D eigenvalue weighted by atomic mass is 10.2. The molecule has 30 heavy (non-hydrogen) atoms. The van der Waals surface area contributed by atoms with Gasteiger partial charge in [-0.05, 0) is 36.2 Å². The number of amides is 3. The normalized spacial score (nSPS) is 13.4. The number of ether oxygens (including phenoxy) is 1. The number of nitrogens with zero attached hydrogens (tertiary/aromatic N) is 4. The molecule has 0 spiro atoms. The number of carbonyl (C=O) groups is 2. The molecule has 3 amide bonds. The van der Waals surface area contributed by atoms with E-state index in [9.17, 15) is 9.59 Å². The summed E-state index contributed by atoms with van der Waals surface area (Å²) in [7, 11) is 1.55. The van der Waals surface area contributed by atoms with E-state index < -0.39 is 0 Å². The molecule has 0 atom stereocenters. The van der Waals surface area contributed by atoms with Crippen molar-refractivity contribution in [3.05, 3.63) is 60.7 Å². The van der Waals surface area contributed by atoms with Crippen LogP contribution in [-0.2, 0) is 11.3 Å². The Balaban J connectivity index is 1.35. The van der Waals surface area contributed by atoms with Crippen molar-refractivity contribution in [2.45, 2.75) is 19.4 Å². The number of methoxy groups -OCH3 is 1. The van der Waals surface area contributed by atoms with E-state index in [-0.39, 0.29) is 11.9 Å². The zero-order chi connectivity index (χ0) is 20.9. The van der Waals surface area contributed by atoms with Crippen LogP contribution in [0, 0.1) is 0 Å². The predicted molar refractivity (Wildman–Crippen MR) is 112 cm³/mol. The number of hydrogen-bond donors (Lipinski definition) is 2. The van der Waals surface area contributed by atoms with Gasteiger partial charge in [-0.25, -0.2) is 14.5 Å². The Morgan fingerprint density at radius 2 is 2.03 bits per heavy atom. The average Bonchev–Trinajstić information content (AvgIpc) is 3.45. The van der Waals surface area contributed by atoms with E-state index in [0.29, 0.717) is 30.9 Å². The third-order valence-electron chi connectivity index (χ3n) is 4.87. The maximum Gasteiger partial charge on any atom is 0.319 e. The molecule has 9 nitrogen and oxygen atoms in total. The Morgan fingerprint density at radius 1 is 1.20 bits per heavy atom. The first-order valence-electron chi connectivity index (χ1n) is 9.61. The number of anilines is 2. The van der Waals surface area contributed by atoms with Gasteiger partial charge in [0.05, 0.1) is 18.5 Å². The Hall–Kier alpha value is -3.88. The monoisotopic (exact) mass is 406 g/mol. The molecule has 1 fully saturated rings. The number of nitrogens with one attached hydrogen (secondary N) is 2. The van der Waals surface area contributed by atoms with Crippen LogP contribution in [0.15, 0.2) is 55.1 Å². The van der Waals surface area contributed by atoms with Crippen LogP contribution in [0.25, 0.3) is 5.69 Å². The van der Waals surface area contributed by atoms with Crippen LogP contribution >= 0.6 is 0 Å². The van der Waals surface area contributed by atoms with E-state index in [1.807, 2.05) is 24.3 Å². The van der Waals surface area contributed by atoms with Crippen molar-refractivity contribution in [2.75, 3.05) is 23.9 Å². The van der Waals surface area contributed by atoms with E-state index in [1.54, 1.807) is 41.2 Å². The number of benzene rings is 2. The minimum atomic E-state index is -0.331. The number of aromatic nitrogens is 3. The Bertz CT molecular complexity index is 1030. The molecule has 4 rings (SSSR count). The summed E-state index contributed by atoms with van der Waals surface area (Å²) in [6.45, 7) is 1.05. The van der Waals surface area contributed by atoms with Gasteiger partial charge in [0.1, 0.15) is 18.4 Å². The van der Waals surface area contributed by atoms with Crippen LogP contribution < -0.4 is 20.3 Å². The molecule has 0 saturated carbocycles. The fourth-order valence-corrected chi connectivity index (χ4v) is 3.35. The van der Waals surface area contributed by atoms with E-state index in [2.05, 4.69) is 20.7 Å². The van der Waals surface area contributed by atoms with Gasteiger partial charge in [-0.3, -0.25) is 4.79 Å². The summed E-state index contributed by atoms with van der Waals surface area (Å²) in [5.41, 5.74) is 3.15. The van der Waals surface area contributed by atoms with Gasteiger partial charge in [-0.2, -0.15) is 5.10 Å². The molecule has 1 aromatic heterocycles. The summed E-state index contributed by atoms with van der Waals surface area (Å²) in [6.07, 6.45) is 4.49. The zero-order valence-corrected chi connectivity index (χ0v) is 16.5. The van der Waals surface area contributed by atoms with Crippen molar-refractivity contribution in [3.8, 4) is 11.4 Å². The second kappa shape index (κ2) is 8.64. The van der Waals surface area contributed by atoms with Crippen LogP contribution in [-0.4, -0.2) is 40.4 Å². The molecule has 0 aliphatic carbocycles. The summed E-state index contributed by atoms with van der Waals surface area (Å²) in [4.78, 5) is 29.9. The van der Waals surface area contributed by atoms with Gasteiger partial charge < -0.3 is 20.3 Å². The Labute approximate surface area is 173 Å². The number of carbonyl (C=O) groups excluding carboxylic acids is 2. The summed E-state index contributed by atoms with van der Waals surface area (Å²) in [6, 6.07) is 12.6. The summed E-state index contributed by atoms with van der Waals surface area (Å²) in [5, 5.41) is 9.70. The lowest BCUT2D eigenvalue weighted by Crippen LogP contribution is -2.28. The van der Waals surface area contributed by atoms with Gasteiger partial charge in [0.2, 0.25) is 5.91 Å². The molecule has 1 saturated heterocycles. The molecule has 2 N–H and O–H groups in total. The van der Waals surface area contributed by atoms with E-state index in [1.165, 1.54) is 6.33 Å². The summed E-state index contributed by atoms with van der Waals surface area (Å²) in [5.74, 6) is 0.633. The average molecular weight is 406 g/mol. The van der Waals surface area contributed by atoms with Crippen LogP contribution in [0.4, 0.5) is 16.2 Å². The van der Waals surface area contributed by atoms with Gasteiger partial charge in [-0.15, -0.1) is 0 Å². The molecule has 2 heterocycles. The first kappa shape index (κ1) is 19.4. The molecule has 2 aromatic carbocycles. The fourth-order valence-electron chi connectivity index (χ4n) is 3.35. The molecule has 0 bridgehead atoms. The molecule has 154 valence electrons. The SMILES string of the molecule is COc1cc(NC(=O)NCc2ccc(-n3cncn3)cc2)ccc1N1CCCC1=O. The minimum Gasteiger partial charge on any atom is -0.494 e. The summed E-state index contributed by atoms with van der Waals surface area (Å²) < 4.78 is 7.09. The minimum absolute atomic E-state index is 0.0848. The van der Waals surface area contributed by atoms with Crippen LogP contribution in [0.5, 0.6) is 5.75 Å². The van der Waals surface area contributed by atoms with Crippen molar-refractivity contribution in [1.82, 2.24) is 20.1 Å². The molecule has 3 aromatic rings. The third-order valence-corrected chi connectivity index (χ3v) is 4.87. The molecular formula is C21H22N6O3. The Morgan fingerprint density at radius 3 is 2.70 bits per heavy atom. The molecule has 9 heteroatoms. The lowest BCUT2D eigenvalue weighted by molar-refractivity contribution is -0.117. The first-order chi connectivity index (χ1) is 14.6. The molecule has 0 radical (unpaired) electrons. The molecular weight excluding hydrogens is 384 g/mol. The number of hydrogen-bond acceptors (Lipinski definition) is 5. The zero-order valence-electron chi connectivity index (χ0n) is 16.5. The second-order valence-corrected chi connectivity index (χ2v) is 6.85. The van der Waals surface area contributed by atoms with Crippen molar-refractivity contribution in [3.63, 3.8) is 0 Å². The highest BCUT2D eigenvalue weighted by atomic mass is 16.5. The molecule has 0 unspecified atom stereocenters. The smallest absolute Gasteiger partial charge is 0.319 e. The van der Waals surface area contributed by atoms with Gasteiger partial charge in [-0.1, -0.05) is 12.1 Å². The highest BCUT2D eigenvalue weighted by molar-refractivity contribution is 5.97. The lowest BCUT2D eigenvalue weighted by Gasteiger charge is -2.19. The van der Waals surface area contributed by atoms with E-state index >= 15 is 0 Å². The van der Waals surface area contributed by atoms with Crippen molar-refractivity contribution < 1.29 is 14.3 Å². The molecule has 1 aliphatic heterocycles. The number of rotatable bonds is 6. The van der Waals surface area contributed by atoms with Crippen molar-refractivity contribution in [1.29, 1.82) is 0 Å². The van der Waals surface area contributed by atoms with Gasteiger partial charge >= 0.3 is 6.03 Å². The maximum atomic E-state index is 12.3. The quantitative estimate of drug-likeness (QED) is 0.655. The standard InChI is InChI=1S/C21H22N6O3/c1-30-19-11-16(6-9-18(19)26-10-2-3-20(26)28)25-21(29)23-12-15-4-7-17(8-5-15)27-14-22-13-24-27/h4-9,11,13-14H,2-3,10,12H2,1H3,(H2,23,25,29). The maximum absolute atomic E-state index is 12.3. The van der Waals surface area contributed by atoms with Gasteiger partial charge in [0, 0.05) is 31.3 Å². The fraction of sp³-hybridized carbons (Fsp3) is 0.238. The molecule has 1 aliphatic rings. The van der Waals surface area contributed by atoms with E-state index in [4.69, 9.17) is 4.74 Å². The van der Waals surface area contributed by atoms with Crippen LogP contribution in [0.1, 0.15) is 18.4 Å². The van der Waals surface area contributed by atoms with Crippen molar-refractivity contribution in [2.24, 2.45) is 0 Å².